The van der Waals surface area contributed by atoms with E-state index in [2.05, 4.69) is 9.84 Å². The van der Waals surface area contributed by atoms with Gasteiger partial charge in [-0.2, -0.15) is 5.10 Å². The quantitative estimate of drug-likeness (QED) is 0.650. The summed E-state index contributed by atoms with van der Waals surface area (Å²) in [5.41, 5.74) is 0.102. The summed E-state index contributed by atoms with van der Waals surface area (Å²) < 4.78 is 19.0. The Kier molecular flexibility index (Phi) is 2.65. The van der Waals surface area contributed by atoms with Gasteiger partial charge in [-0.15, -0.1) is 0 Å². The first-order valence-electron chi connectivity index (χ1n) is 3.93. The predicted molar refractivity (Wildman–Crippen MR) is 43.9 cm³/mol. The second-order valence-corrected chi connectivity index (χ2v) is 2.56. The number of carbonyl (C=O) groups excluding carboxylic acids is 1. The van der Waals surface area contributed by atoms with Gasteiger partial charge in [0.2, 0.25) is 0 Å². The standard InChI is InChI=1S/C8H11FN2O2/c1-4-11-7(8(12)13-3)6(9)5(2)10-11/h4H2,1-3H3. The molecule has 0 aromatic carbocycles. The number of hydrogen-bond donors (Lipinski definition) is 0. The van der Waals surface area contributed by atoms with Gasteiger partial charge in [-0.25, -0.2) is 9.18 Å². The molecule has 13 heavy (non-hydrogen) atoms. The summed E-state index contributed by atoms with van der Waals surface area (Å²) >= 11 is 0. The molecule has 1 heterocycles. The van der Waals surface area contributed by atoms with E-state index in [1.54, 1.807) is 6.92 Å². The van der Waals surface area contributed by atoms with Crippen molar-refractivity contribution in [3.63, 3.8) is 0 Å². The lowest BCUT2D eigenvalue weighted by molar-refractivity contribution is 0.0581. The van der Waals surface area contributed by atoms with Gasteiger partial charge in [0.15, 0.2) is 11.5 Å². The van der Waals surface area contributed by atoms with E-state index in [1.165, 1.54) is 18.7 Å². The maximum atomic E-state index is 13.3. The first-order chi connectivity index (χ1) is 6.11. The molecule has 1 aromatic rings. The van der Waals surface area contributed by atoms with Gasteiger partial charge in [0.25, 0.3) is 0 Å². The van der Waals surface area contributed by atoms with Crippen LogP contribution >= 0.6 is 0 Å². The number of aromatic nitrogens is 2. The number of methoxy groups -OCH3 is 1. The first kappa shape index (κ1) is 9.70. The highest BCUT2D eigenvalue weighted by atomic mass is 19.1. The molecular weight excluding hydrogens is 175 g/mol. The van der Waals surface area contributed by atoms with Gasteiger partial charge in [-0.3, -0.25) is 4.68 Å². The van der Waals surface area contributed by atoms with Crippen molar-refractivity contribution in [3.05, 3.63) is 17.2 Å². The summed E-state index contributed by atoms with van der Waals surface area (Å²) in [5.74, 6) is -1.30. The van der Waals surface area contributed by atoms with Crippen LogP contribution in [0.5, 0.6) is 0 Å². The van der Waals surface area contributed by atoms with Crippen LogP contribution in [0.3, 0.4) is 0 Å². The molecule has 0 radical (unpaired) electrons. The third-order valence-corrected chi connectivity index (χ3v) is 1.73. The smallest absolute Gasteiger partial charge is 0.359 e. The fourth-order valence-corrected chi connectivity index (χ4v) is 1.08. The van der Waals surface area contributed by atoms with E-state index in [4.69, 9.17) is 0 Å². The molecule has 4 nitrogen and oxygen atoms in total. The van der Waals surface area contributed by atoms with E-state index in [0.717, 1.165) is 0 Å². The Labute approximate surface area is 75.3 Å². The van der Waals surface area contributed by atoms with Gasteiger partial charge in [-0.05, 0) is 13.8 Å². The van der Waals surface area contributed by atoms with Crippen LogP contribution in [0.1, 0.15) is 23.1 Å². The van der Waals surface area contributed by atoms with Crippen LogP contribution in [-0.4, -0.2) is 22.9 Å². The van der Waals surface area contributed by atoms with Crippen molar-refractivity contribution in [1.29, 1.82) is 0 Å². The molecule has 0 bridgehead atoms. The monoisotopic (exact) mass is 186 g/mol. The Balaban J connectivity index is 3.23. The molecule has 0 amide bonds. The van der Waals surface area contributed by atoms with Crippen LogP contribution in [0, 0.1) is 12.7 Å². The average Bonchev–Trinajstić information content (AvgIpc) is 2.42. The lowest BCUT2D eigenvalue weighted by Crippen LogP contribution is -2.12. The summed E-state index contributed by atoms with van der Waals surface area (Å²) in [6.45, 7) is 3.72. The van der Waals surface area contributed by atoms with Crippen LogP contribution in [-0.2, 0) is 11.3 Å². The predicted octanol–water partition coefficient (Wildman–Crippen LogP) is 1.14. The number of halogens is 1. The second-order valence-electron chi connectivity index (χ2n) is 2.56. The Morgan fingerprint density at radius 3 is 2.77 bits per heavy atom. The first-order valence-corrected chi connectivity index (χ1v) is 3.93. The molecule has 0 saturated carbocycles. The molecule has 0 unspecified atom stereocenters. The van der Waals surface area contributed by atoms with Gasteiger partial charge in [-0.1, -0.05) is 0 Å². The van der Waals surface area contributed by atoms with Crippen molar-refractivity contribution in [2.24, 2.45) is 0 Å². The van der Waals surface area contributed by atoms with E-state index in [-0.39, 0.29) is 11.4 Å². The van der Waals surface area contributed by atoms with Crippen LogP contribution in [0.4, 0.5) is 4.39 Å². The molecule has 0 N–H and O–H groups in total. The molecule has 1 aromatic heterocycles. The largest absolute Gasteiger partial charge is 0.464 e. The summed E-state index contributed by atoms with van der Waals surface area (Å²) in [4.78, 5) is 11.1. The number of ether oxygens (including phenoxy) is 1. The topological polar surface area (TPSA) is 44.1 Å². The number of aryl methyl sites for hydroxylation is 2. The van der Waals surface area contributed by atoms with Crippen molar-refractivity contribution >= 4 is 5.97 Å². The van der Waals surface area contributed by atoms with Gasteiger partial charge in [0.05, 0.1) is 12.8 Å². The summed E-state index contributed by atoms with van der Waals surface area (Å²) in [7, 11) is 1.21. The Bertz CT molecular complexity index is 333. The highest BCUT2D eigenvalue weighted by Gasteiger charge is 2.21. The van der Waals surface area contributed by atoms with Gasteiger partial charge in [0, 0.05) is 6.54 Å². The fourth-order valence-electron chi connectivity index (χ4n) is 1.08. The molecule has 0 atom stereocenters. The van der Waals surface area contributed by atoms with Crippen LogP contribution in [0.25, 0.3) is 0 Å². The van der Waals surface area contributed by atoms with Crippen molar-refractivity contribution in [2.45, 2.75) is 20.4 Å². The van der Waals surface area contributed by atoms with Crippen molar-refractivity contribution in [3.8, 4) is 0 Å². The second kappa shape index (κ2) is 3.55. The lowest BCUT2D eigenvalue weighted by atomic mass is 10.3. The van der Waals surface area contributed by atoms with Crippen LogP contribution in [0.15, 0.2) is 0 Å². The number of rotatable bonds is 2. The highest BCUT2D eigenvalue weighted by Crippen LogP contribution is 2.12. The molecule has 0 spiro atoms. The van der Waals surface area contributed by atoms with Crippen molar-refractivity contribution in [1.82, 2.24) is 9.78 Å². The highest BCUT2D eigenvalue weighted by molar-refractivity contribution is 5.87. The molecule has 0 saturated heterocycles. The van der Waals surface area contributed by atoms with Crippen LogP contribution < -0.4 is 0 Å². The minimum atomic E-state index is -0.694. The zero-order chi connectivity index (χ0) is 10.0. The number of carbonyl (C=O) groups is 1. The number of hydrogen-bond acceptors (Lipinski definition) is 3. The third kappa shape index (κ3) is 1.54. The lowest BCUT2D eigenvalue weighted by Gasteiger charge is -2.01. The third-order valence-electron chi connectivity index (χ3n) is 1.73. The normalized spacial score (nSPS) is 10.2. The zero-order valence-electron chi connectivity index (χ0n) is 7.80. The van der Waals surface area contributed by atoms with Crippen molar-refractivity contribution < 1.29 is 13.9 Å². The van der Waals surface area contributed by atoms with E-state index >= 15 is 0 Å². The molecule has 72 valence electrons. The maximum Gasteiger partial charge on any atom is 0.359 e. The molecule has 0 aliphatic heterocycles. The minimum Gasteiger partial charge on any atom is -0.464 e. The van der Waals surface area contributed by atoms with Crippen molar-refractivity contribution in [2.75, 3.05) is 7.11 Å². The minimum absolute atomic E-state index is 0.109. The summed E-state index contributed by atoms with van der Waals surface area (Å²) in [5, 5.41) is 3.84. The molecule has 0 aliphatic carbocycles. The molecular formula is C8H11FN2O2. The molecule has 0 aliphatic rings. The van der Waals surface area contributed by atoms with Gasteiger partial charge < -0.3 is 4.74 Å². The number of esters is 1. The van der Waals surface area contributed by atoms with E-state index in [0.29, 0.717) is 6.54 Å². The summed E-state index contributed by atoms with van der Waals surface area (Å²) in [6, 6.07) is 0. The molecule has 0 fully saturated rings. The maximum absolute atomic E-state index is 13.3. The fraction of sp³-hybridized carbons (Fsp3) is 0.500. The number of nitrogens with zero attached hydrogens (tertiary/aromatic N) is 2. The van der Waals surface area contributed by atoms with Crippen LogP contribution in [0.2, 0.25) is 0 Å². The molecule has 5 heteroatoms. The Morgan fingerprint density at radius 2 is 2.31 bits per heavy atom. The van der Waals surface area contributed by atoms with Gasteiger partial charge >= 0.3 is 5.97 Å². The van der Waals surface area contributed by atoms with E-state index < -0.39 is 11.8 Å². The van der Waals surface area contributed by atoms with E-state index in [9.17, 15) is 9.18 Å². The van der Waals surface area contributed by atoms with E-state index in [1.807, 2.05) is 0 Å². The SMILES string of the molecule is CCn1nc(C)c(F)c1C(=O)OC. The average molecular weight is 186 g/mol. The summed E-state index contributed by atoms with van der Waals surface area (Å²) in [6.07, 6.45) is 0. The Morgan fingerprint density at radius 1 is 1.69 bits per heavy atom. The van der Waals surface area contributed by atoms with Gasteiger partial charge in [0.1, 0.15) is 0 Å². The molecule has 1 rings (SSSR count). The Hall–Kier alpha value is -1.39. The zero-order valence-corrected chi connectivity index (χ0v) is 7.80.